The Bertz CT molecular complexity index is 291. The van der Waals surface area contributed by atoms with Gasteiger partial charge in [-0.05, 0) is 26.0 Å². The molecule has 0 amide bonds. The molecule has 0 saturated heterocycles. The fourth-order valence-electron chi connectivity index (χ4n) is 1.23. The van der Waals surface area contributed by atoms with Crippen molar-refractivity contribution in [2.75, 3.05) is 19.0 Å². The van der Waals surface area contributed by atoms with E-state index in [0.717, 1.165) is 12.4 Å². The van der Waals surface area contributed by atoms with Crippen LogP contribution in [-0.2, 0) is 4.74 Å². The van der Waals surface area contributed by atoms with Crippen molar-refractivity contribution in [3.63, 3.8) is 0 Å². The number of hydrogen-bond donors (Lipinski definition) is 1. The first-order valence-corrected chi connectivity index (χ1v) is 6.23. The van der Waals surface area contributed by atoms with Crippen molar-refractivity contribution >= 4 is 11.8 Å². The van der Waals surface area contributed by atoms with Gasteiger partial charge in [0.05, 0.1) is 6.61 Å². The summed E-state index contributed by atoms with van der Waals surface area (Å²) in [7, 11) is 0. The van der Waals surface area contributed by atoms with Crippen LogP contribution in [0.1, 0.15) is 12.5 Å². The van der Waals surface area contributed by atoms with Gasteiger partial charge in [-0.2, -0.15) is 0 Å². The van der Waals surface area contributed by atoms with Gasteiger partial charge in [-0.25, -0.2) is 0 Å². The van der Waals surface area contributed by atoms with Gasteiger partial charge >= 0.3 is 0 Å². The number of nitrogens with two attached hydrogens (primary N) is 1. The number of rotatable bonds is 6. The van der Waals surface area contributed by atoms with Gasteiger partial charge in [0.15, 0.2) is 0 Å². The van der Waals surface area contributed by atoms with Gasteiger partial charge in [0.1, 0.15) is 0 Å². The van der Waals surface area contributed by atoms with Crippen LogP contribution in [0.2, 0.25) is 0 Å². The van der Waals surface area contributed by atoms with E-state index in [9.17, 15) is 0 Å². The van der Waals surface area contributed by atoms with E-state index in [0.29, 0.717) is 6.61 Å². The molecule has 0 spiro atoms. The average Bonchev–Trinajstić information content (AvgIpc) is 2.23. The maximum absolute atomic E-state index is 5.90. The number of benzene rings is 1. The molecule has 0 aliphatic carbocycles. The molecule has 0 aliphatic rings. The van der Waals surface area contributed by atoms with E-state index in [2.05, 4.69) is 31.2 Å². The average molecular weight is 225 g/mol. The molecule has 84 valence electrons. The minimum Gasteiger partial charge on any atom is -0.380 e. The highest BCUT2D eigenvalue weighted by molar-refractivity contribution is 7.99. The number of thioether (sulfide) groups is 1. The number of ether oxygens (including phenoxy) is 1. The summed E-state index contributed by atoms with van der Waals surface area (Å²) in [4.78, 5) is 1.28. The van der Waals surface area contributed by atoms with Crippen LogP contribution < -0.4 is 5.73 Å². The summed E-state index contributed by atoms with van der Waals surface area (Å²) in [5, 5.41) is 0. The lowest BCUT2D eigenvalue weighted by Gasteiger charge is -2.10. The Balaban J connectivity index is 2.30. The van der Waals surface area contributed by atoms with Crippen LogP contribution >= 0.6 is 11.8 Å². The minimum absolute atomic E-state index is 0.121. The van der Waals surface area contributed by atoms with Crippen LogP contribution in [0.25, 0.3) is 0 Å². The Labute approximate surface area is 96.2 Å². The third kappa shape index (κ3) is 5.21. The molecule has 0 aliphatic heterocycles. The molecule has 0 heterocycles. The molecule has 0 radical (unpaired) electrons. The van der Waals surface area contributed by atoms with Crippen molar-refractivity contribution in [3.8, 4) is 0 Å². The van der Waals surface area contributed by atoms with Gasteiger partial charge in [-0.3, -0.25) is 0 Å². The summed E-state index contributed by atoms with van der Waals surface area (Å²) < 4.78 is 5.27. The molecule has 1 aromatic rings. The summed E-state index contributed by atoms with van der Waals surface area (Å²) in [6.07, 6.45) is 0. The fraction of sp³-hybridized carbons (Fsp3) is 0.500. The number of hydrogen-bond acceptors (Lipinski definition) is 3. The van der Waals surface area contributed by atoms with Crippen LogP contribution in [0, 0.1) is 6.92 Å². The fourth-order valence-corrected chi connectivity index (χ4v) is 2.17. The van der Waals surface area contributed by atoms with E-state index in [1.54, 1.807) is 11.8 Å². The monoisotopic (exact) mass is 225 g/mol. The zero-order chi connectivity index (χ0) is 11.1. The maximum atomic E-state index is 5.90. The molecule has 2 nitrogen and oxygen atoms in total. The van der Waals surface area contributed by atoms with Gasteiger partial charge in [0.2, 0.25) is 0 Å². The van der Waals surface area contributed by atoms with Crippen molar-refractivity contribution in [1.29, 1.82) is 0 Å². The minimum atomic E-state index is 0.121. The van der Waals surface area contributed by atoms with Crippen LogP contribution in [0.3, 0.4) is 0 Å². The lowest BCUT2D eigenvalue weighted by Crippen LogP contribution is -2.28. The molecule has 2 N–H and O–H groups in total. The van der Waals surface area contributed by atoms with Crippen molar-refractivity contribution in [2.24, 2.45) is 5.73 Å². The van der Waals surface area contributed by atoms with Crippen LogP contribution in [0.5, 0.6) is 0 Å². The van der Waals surface area contributed by atoms with Gasteiger partial charge in [-0.15, -0.1) is 11.8 Å². The first kappa shape index (κ1) is 12.6. The van der Waals surface area contributed by atoms with Crippen molar-refractivity contribution in [2.45, 2.75) is 24.8 Å². The highest BCUT2D eigenvalue weighted by atomic mass is 32.2. The van der Waals surface area contributed by atoms with Gasteiger partial charge in [0, 0.05) is 23.3 Å². The summed E-state index contributed by atoms with van der Waals surface area (Å²) in [5.41, 5.74) is 7.19. The zero-order valence-corrected chi connectivity index (χ0v) is 10.2. The van der Waals surface area contributed by atoms with Crippen molar-refractivity contribution < 1.29 is 4.74 Å². The lowest BCUT2D eigenvalue weighted by atomic mass is 10.2. The van der Waals surface area contributed by atoms with Gasteiger partial charge in [-0.1, -0.05) is 17.7 Å². The van der Waals surface area contributed by atoms with Crippen LogP contribution in [-0.4, -0.2) is 25.0 Å². The zero-order valence-electron chi connectivity index (χ0n) is 9.40. The van der Waals surface area contributed by atoms with Gasteiger partial charge < -0.3 is 10.5 Å². The quantitative estimate of drug-likeness (QED) is 0.755. The first-order chi connectivity index (χ1) is 7.22. The molecule has 15 heavy (non-hydrogen) atoms. The Morgan fingerprint density at radius 1 is 1.47 bits per heavy atom. The second-order valence-electron chi connectivity index (χ2n) is 3.55. The molecule has 0 aromatic heterocycles. The highest BCUT2D eigenvalue weighted by Crippen LogP contribution is 2.19. The van der Waals surface area contributed by atoms with Crippen LogP contribution in [0.4, 0.5) is 0 Å². The van der Waals surface area contributed by atoms with E-state index in [1.807, 2.05) is 6.92 Å². The van der Waals surface area contributed by atoms with E-state index in [4.69, 9.17) is 10.5 Å². The van der Waals surface area contributed by atoms with Crippen LogP contribution in [0.15, 0.2) is 29.2 Å². The first-order valence-electron chi connectivity index (χ1n) is 5.25. The van der Waals surface area contributed by atoms with E-state index >= 15 is 0 Å². The molecule has 0 saturated carbocycles. The maximum Gasteiger partial charge on any atom is 0.0625 e. The summed E-state index contributed by atoms with van der Waals surface area (Å²) in [6.45, 7) is 5.47. The Kier molecular flexibility index (Phi) is 5.76. The molecular weight excluding hydrogens is 206 g/mol. The van der Waals surface area contributed by atoms with Crippen molar-refractivity contribution in [1.82, 2.24) is 0 Å². The molecule has 1 atom stereocenters. The molecule has 1 aromatic carbocycles. The second kappa shape index (κ2) is 6.88. The Morgan fingerprint density at radius 2 is 2.27 bits per heavy atom. The molecule has 0 bridgehead atoms. The predicted octanol–water partition coefficient (Wildman–Crippen LogP) is 2.45. The Morgan fingerprint density at radius 3 is 2.93 bits per heavy atom. The molecule has 3 heteroatoms. The molecule has 1 rings (SSSR count). The molecule has 0 fully saturated rings. The predicted molar refractivity (Wildman–Crippen MR) is 66.4 cm³/mol. The third-order valence-electron chi connectivity index (χ3n) is 1.99. The van der Waals surface area contributed by atoms with E-state index < -0.39 is 0 Å². The lowest BCUT2D eigenvalue weighted by molar-refractivity contribution is 0.138. The second-order valence-corrected chi connectivity index (χ2v) is 4.64. The SMILES string of the molecule is CCOCC(N)CSc1cccc(C)c1. The van der Waals surface area contributed by atoms with E-state index in [-0.39, 0.29) is 6.04 Å². The van der Waals surface area contributed by atoms with E-state index in [1.165, 1.54) is 10.5 Å². The Hall–Kier alpha value is -0.510. The standard InChI is InChI=1S/C12H19NOS/c1-3-14-8-11(13)9-15-12-6-4-5-10(2)7-12/h4-7,11H,3,8-9,13H2,1-2H3. The summed E-state index contributed by atoms with van der Waals surface area (Å²) in [5.74, 6) is 0.906. The highest BCUT2D eigenvalue weighted by Gasteiger charge is 2.03. The smallest absolute Gasteiger partial charge is 0.0625 e. The topological polar surface area (TPSA) is 35.2 Å². The third-order valence-corrected chi connectivity index (χ3v) is 3.17. The normalized spacial score (nSPS) is 12.7. The largest absolute Gasteiger partial charge is 0.380 e. The molecule has 1 unspecified atom stereocenters. The summed E-state index contributed by atoms with van der Waals surface area (Å²) in [6, 6.07) is 8.59. The van der Waals surface area contributed by atoms with Crippen molar-refractivity contribution in [3.05, 3.63) is 29.8 Å². The summed E-state index contributed by atoms with van der Waals surface area (Å²) >= 11 is 1.79. The molecular formula is C12H19NOS. The number of aryl methyl sites for hydroxylation is 1. The van der Waals surface area contributed by atoms with Gasteiger partial charge in [0.25, 0.3) is 0 Å².